The molecule has 2 rings (SSSR count). The van der Waals surface area contributed by atoms with E-state index in [0.29, 0.717) is 6.54 Å². The lowest BCUT2D eigenvalue weighted by atomic mass is 10.0. The molecule has 1 amide bonds. The highest BCUT2D eigenvalue weighted by Gasteiger charge is 2.16. The maximum atomic E-state index is 12.1. The zero-order valence-corrected chi connectivity index (χ0v) is 12.7. The van der Waals surface area contributed by atoms with Gasteiger partial charge < -0.3 is 20.7 Å². The quantitative estimate of drug-likeness (QED) is 0.839. The molecule has 3 N–H and O–H groups in total. The Hall–Kier alpha value is -1.59. The van der Waals surface area contributed by atoms with Crippen LogP contribution in [-0.2, 0) is 9.53 Å². The second-order valence-electron chi connectivity index (χ2n) is 5.36. The molecule has 1 unspecified atom stereocenters. The summed E-state index contributed by atoms with van der Waals surface area (Å²) in [6.07, 6.45) is 1.79. The van der Waals surface area contributed by atoms with Gasteiger partial charge in [-0.15, -0.1) is 0 Å². The number of nitrogens with zero attached hydrogens (tertiary/aromatic N) is 1. The number of morpholine rings is 1. The Balaban J connectivity index is 1.93. The molecule has 0 aromatic heterocycles. The molecule has 116 valence electrons. The molecule has 1 aromatic carbocycles. The first-order valence-corrected chi connectivity index (χ1v) is 7.68. The standard InChI is InChI=1S/C16H25N3O2/c1-2-3-13(12-17)16(20)18-14-4-6-15(7-5-14)19-8-10-21-11-9-19/h4-7,13H,2-3,8-12,17H2,1H3,(H,18,20). The summed E-state index contributed by atoms with van der Waals surface area (Å²) >= 11 is 0. The van der Waals surface area contributed by atoms with Crippen molar-refractivity contribution in [2.75, 3.05) is 43.1 Å². The third kappa shape index (κ3) is 4.44. The molecule has 1 heterocycles. The van der Waals surface area contributed by atoms with E-state index >= 15 is 0 Å². The SMILES string of the molecule is CCCC(CN)C(=O)Nc1ccc(N2CCOCC2)cc1. The van der Waals surface area contributed by atoms with Crippen LogP contribution in [0.2, 0.25) is 0 Å². The van der Waals surface area contributed by atoms with Crippen molar-refractivity contribution in [1.29, 1.82) is 0 Å². The van der Waals surface area contributed by atoms with E-state index < -0.39 is 0 Å². The van der Waals surface area contributed by atoms with Crippen LogP contribution in [0.1, 0.15) is 19.8 Å². The minimum Gasteiger partial charge on any atom is -0.378 e. The predicted octanol–water partition coefficient (Wildman–Crippen LogP) is 1.84. The molecule has 5 nitrogen and oxygen atoms in total. The van der Waals surface area contributed by atoms with Crippen LogP contribution in [0.5, 0.6) is 0 Å². The largest absolute Gasteiger partial charge is 0.378 e. The molecule has 1 fully saturated rings. The van der Waals surface area contributed by atoms with Gasteiger partial charge in [0, 0.05) is 31.0 Å². The highest BCUT2D eigenvalue weighted by molar-refractivity contribution is 5.92. The molecule has 0 saturated carbocycles. The van der Waals surface area contributed by atoms with Gasteiger partial charge in [0.2, 0.25) is 5.91 Å². The van der Waals surface area contributed by atoms with Gasteiger partial charge in [0.05, 0.1) is 19.1 Å². The fourth-order valence-corrected chi connectivity index (χ4v) is 2.53. The number of rotatable bonds is 6. The van der Waals surface area contributed by atoms with Crippen molar-refractivity contribution >= 4 is 17.3 Å². The van der Waals surface area contributed by atoms with Crippen LogP contribution in [0.4, 0.5) is 11.4 Å². The minimum absolute atomic E-state index is 0.0125. The topological polar surface area (TPSA) is 67.6 Å². The van der Waals surface area contributed by atoms with Gasteiger partial charge in [0.1, 0.15) is 0 Å². The van der Waals surface area contributed by atoms with Crippen LogP contribution in [0, 0.1) is 5.92 Å². The molecule has 1 aliphatic heterocycles. The zero-order valence-electron chi connectivity index (χ0n) is 12.7. The number of anilines is 2. The molecular formula is C16H25N3O2. The van der Waals surface area contributed by atoms with E-state index in [1.807, 2.05) is 24.3 Å². The fourth-order valence-electron chi connectivity index (χ4n) is 2.53. The van der Waals surface area contributed by atoms with Crippen molar-refractivity contribution in [2.24, 2.45) is 11.7 Å². The molecule has 0 spiro atoms. The number of nitrogens with two attached hydrogens (primary N) is 1. The number of carbonyl (C=O) groups excluding carboxylic acids is 1. The zero-order chi connectivity index (χ0) is 15.1. The molecule has 1 aromatic rings. The van der Waals surface area contributed by atoms with Crippen LogP contribution >= 0.6 is 0 Å². The number of benzene rings is 1. The lowest BCUT2D eigenvalue weighted by Crippen LogP contribution is -2.36. The lowest BCUT2D eigenvalue weighted by Gasteiger charge is -2.29. The summed E-state index contributed by atoms with van der Waals surface area (Å²) in [5.41, 5.74) is 7.65. The summed E-state index contributed by atoms with van der Waals surface area (Å²) in [5.74, 6) is -0.0904. The van der Waals surface area contributed by atoms with E-state index in [4.69, 9.17) is 10.5 Å². The molecule has 0 aliphatic carbocycles. The fraction of sp³-hybridized carbons (Fsp3) is 0.562. The average molecular weight is 291 g/mol. The minimum atomic E-state index is -0.103. The monoisotopic (exact) mass is 291 g/mol. The molecule has 21 heavy (non-hydrogen) atoms. The molecule has 5 heteroatoms. The first-order valence-electron chi connectivity index (χ1n) is 7.68. The van der Waals surface area contributed by atoms with Crippen molar-refractivity contribution in [1.82, 2.24) is 0 Å². The Morgan fingerprint density at radius 1 is 1.33 bits per heavy atom. The van der Waals surface area contributed by atoms with Crippen molar-refractivity contribution in [3.8, 4) is 0 Å². The average Bonchev–Trinajstić information content (AvgIpc) is 2.54. The van der Waals surface area contributed by atoms with Gasteiger partial charge in [0.15, 0.2) is 0 Å². The summed E-state index contributed by atoms with van der Waals surface area (Å²) in [4.78, 5) is 14.4. The third-order valence-electron chi connectivity index (χ3n) is 3.80. The van der Waals surface area contributed by atoms with Gasteiger partial charge in [-0.1, -0.05) is 13.3 Å². The third-order valence-corrected chi connectivity index (χ3v) is 3.80. The first-order chi connectivity index (χ1) is 10.2. The second-order valence-corrected chi connectivity index (χ2v) is 5.36. The van der Waals surface area contributed by atoms with E-state index in [1.54, 1.807) is 0 Å². The summed E-state index contributed by atoms with van der Waals surface area (Å²) < 4.78 is 5.35. The smallest absolute Gasteiger partial charge is 0.228 e. The van der Waals surface area contributed by atoms with Crippen molar-refractivity contribution in [3.63, 3.8) is 0 Å². The number of carbonyl (C=O) groups is 1. The number of nitrogens with one attached hydrogen (secondary N) is 1. The van der Waals surface area contributed by atoms with E-state index in [9.17, 15) is 4.79 Å². The summed E-state index contributed by atoms with van der Waals surface area (Å²) in [6.45, 7) is 5.83. The van der Waals surface area contributed by atoms with Crippen LogP contribution < -0.4 is 16.0 Å². The predicted molar refractivity (Wildman–Crippen MR) is 85.6 cm³/mol. The van der Waals surface area contributed by atoms with E-state index in [2.05, 4.69) is 17.1 Å². The van der Waals surface area contributed by atoms with E-state index in [-0.39, 0.29) is 11.8 Å². The highest BCUT2D eigenvalue weighted by Crippen LogP contribution is 2.19. The van der Waals surface area contributed by atoms with Crippen molar-refractivity contribution in [2.45, 2.75) is 19.8 Å². The lowest BCUT2D eigenvalue weighted by molar-refractivity contribution is -0.119. The Kier molecular flexibility index (Phi) is 6.02. The van der Waals surface area contributed by atoms with Gasteiger partial charge in [0.25, 0.3) is 0 Å². The summed E-state index contributed by atoms with van der Waals surface area (Å²) in [6, 6.07) is 7.97. The maximum Gasteiger partial charge on any atom is 0.228 e. The summed E-state index contributed by atoms with van der Waals surface area (Å²) in [5, 5.41) is 2.95. The maximum absolute atomic E-state index is 12.1. The van der Waals surface area contributed by atoms with Gasteiger partial charge in [-0.2, -0.15) is 0 Å². The number of hydrogen-bond donors (Lipinski definition) is 2. The van der Waals surface area contributed by atoms with Gasteiger partial charge in [-0.3, -0.25) is 4.79 Å². The molecular weight excluding hydrogens is 266 g/mol. The van der Waals surface area contributed by atoms with Crippen molar-refractivity contribution < 1.29 is 9.53 Å². The van der Waals surface area contributed by atoms with Crippen LogP contribution in [0.15, 0.2) is 24.3 Å². The number of hydrogen-bond acceptors (Lipinski definition) is 4. The van der Waals surface area contributed by atoms with Crippen LogP contribution in [0.3, 0.4) is 0 Å². The molecule has 0 radical (unpaired) electrons. The van der Waals surface area contributed by atoms with Crippen molar-refractivity contribution in [3.05, 3.63) is 24.3 Å². The highest BCUT2D eigenvalue weighted by atomic mass is 16.5. The van der Waals surface area contributed by atoms with Gasteiger partial charge in [-0.05, 0) is 30.7 Å². The van der Waals surface area contributed by atoms with E-state index in [0.717, 1.165) is 44.8 Å². The summed E-state index contributed by atoms with van der Waals surface area (Å²) in [7, 11) is 0. The van der Waals surface area contributed by atoms with Crippen LogP contribution in [0.25, 0.3) is 0 Å². The molecule has 0 bridgehead atoms. The van der Waals surface area contributed by atoms with Gasteiger partial charge in [-0.25, -0.2) is 0 Å². The Morgan fingerprint density at radius 2 is 2.00 bits per heavy atom. The normalized spacial score (nSPS) is 16.6. The Labute approximate surface area is 126 Å². The second kappa shape index (κ2) is 8.00. The molecule has 1 saturated heterocycles. The molecule has 1 atom stereocenters. The number of amides is 1. The number of ether oxygens (including phenoxy) is 1. The Morgan fingerprint density at radius 3 is 2.57 bits per heavy atom. The van der Waals surface area contributed by atoms with Crippen LogP contribution in [-0.4, -0.2) is 38.8 Å². The first kappa shape index (κ1) is 15.8. The molecule has 1 aliphatic rings. The van der Waals surface area contributed by atoms with Gasteiger partial charge >= 0.3 is 0 Å². The Bertz CT molecular complexity index is 441. The van der Waals surface area contributed by atoms with E-state index in [1.165, 1.54) is 5.69 Å².